The molecule has 2 rings (SSSR count). The van der Waals surface area contributed by atoms with Crippen LogP contribution in [0.5, 0.6) is 5.75 Å². The Hall–Kier alpha value is -0.920. The van der Waals surface area contributed by atoms with E-state index in [4.69, 9.17) is 9.47 Å². The normalized spacial score (nSPS) is 17.8. The second-order valence-electron chi connectivity index (χ2n) is 5.95. The van der Waals surface area contributed by atoms with Crippen LogP contribution in [0.1, 0.15) is 6.42 Å². The average molecular weight is 430 g/mol. The summed E-state index contributed by atoms with van der Waals surface area (Å²) in [6.07, 6.45) is 1.18. The summed E-state index contributed by atoms with van der Waals surface area (Å²) in [5.74, 6) is 4.55. The van der Waals surface area contributed by atoms with E-state index in [1.807, 2.05) is 43.1 Å². The van der Waals surface area contributed by atoms with Crippen molar-refractivity contribution in [1.29, 1.82) is 0 Å². The average Bonchev–Trinajstić information content (AvgIpc) is 3.06. The van der Waals surface area contributed by atoms with Crippen LogP contribution in [0.3, 0.4) is 0 Å². The first-order valence-electron chi connectivity index (χ1n) is 8.63. The van der Waals surface area contributed by atoms with Crippen LogP contribution in [0.25, 0.3) is 0 Å². The predicted molar refractivity (Wildman–Crippen MR) is 110 cm³/mol. The molecule has 0 bridgehead atoms. The molecule has 1 unspecified atom stereocenters. The van der Waals surface area contributed by atoms with Gasteiger partial charge in [0.05, 0.1) is 13.2 Å². The summed E-state index contributed by atoms with van der Waals surface area (Å²) in [6, 6.07) is 7.95. The molecule has 1 aliphatic rings. The minimum Gasteiger partial charge on any atom is -0.493 e. The molecule has 0 saturated carbocycles. The molecule has 0 spiro atoms. The van der Waals surface area contributed by atoms with E-state index >= 15 is 0 Å². The lowest BCUT2D eigenvalue weighted by atomic mass is 10.1. The Morgan fingerprint density at radius 1 is 1.44 bits per heavy atom. The van der Waals surface area contributed by atoms with Crippen LogP contribution >= 0.6 is 27.7 Å². The molecule has 1 heterocycles. The molecule has 0 aliphatic carbocycles. The second-order valence-corrected chi connectivity index (χ2v) is 8.09. The van der Waals surface area contributed by atoms with Crippen LogP contribution < -0.4 is 10.1 Å². The van der Waals surface area contributed by atoms with Crippen molar-refractivity contribution >= 4 is 33.7 Å². The van der Waals surface area contributed by atoms with Crippen molar-refractivity contribution in [3.8, 4) is 5.75 Å². The molecule has 1 aromatic rings. The Morgan fingerprint density at radius 2 is 2.32 bits per heavy atom. The maximum absolute atomic E-state index is 5.74. The maximum Gasteiger partial charge on any atom is 0.193 e. The predicted octanol–water partition coefficient (Wildman–Crippen LogP) is 3.10. The van der Waals surface area contributed by atoms with Gasteiger partial charge in [-0.3, -0.25) is 4.99 Å². The Labute approximate surface area is 163 Å². The lowest BCUT2D eigenvalue weighted by molar-refractivity contribution is 0.157. The molecule has 0 amide bonds. The van der Waals surface area contributed by atoms with E-state index in [0.29, 0.717) is 5.92 Å². The minimum atomic E-state index is 0.619. The third-order valence-corrected chi connectivity index (χ3v) is 5.46. The summed E-state index contributed by atoms with van der Waals surface area (Å²) in [5, 5.41) is 3.46. The summed E-state index contributed by atoms with van der Waals surface area (Å²) >= 11 is 5.34. The third kappa shape index (κ3) is 7.46. The largest absolute Gasteiger partial charge is 0.493 e. The van der Waals surface area contributed by atoms with Gasteiger partial charge in [0.2, 0.25) is 0 Å². The van der Waals surface area contributed by atoms with Gasteiger partial charge in [-0.1, -0.05) is 22.0 Å². The first-order valence-corrected chi connectivity index (χ1v) is 10.6. The van der Waals surface area contributed by atoms with Crippen molar-refractivity contribution in [3.05, 3.63) is 28.7 Å². The number of ether oxygens (including phenoxy) is 2. The van der Waals surface area contributed by atoms with E-state index in [9.17, 15) is 0 Å². The highest BCUT2D eigenvalue weighted by molar-refractivity contribution is 9.10. The summed E-state index contributed by atoms with van der Waals surface area (Å²) in [6.45, 7) is 4.56. The minimum absolute atomic E-state index is 0.619. The highest BCUT2D eigenvalue weighted by atomic mass is 79.9. The summed E-state index contributed by atoms with van der Waals surface area (Å²) in [7, 11) is 3.62. The maximum atomic E-state index is 5.74. The molecule has 1 fully saturated rings. The van der Waals surface area contributed by atoms with Crippen molar-refractivity contribution in [2.75, 3.05) is 58.5 Å². The monoisotopic (exact) mass is 429 g/mol. The van der Waals surface area contributed by atoms with Gasteiger partial charge in [-0.2, -0.15) is 11.8 Å². The number of methoxy groups -OCH3 is 1. The molecule has 25 heavy (non-hydrogen) atoms. The van der Waals surface area contributed by atoms with Crippen molar-refractivity contribution in [2.45, 2.75) is 6.42 Å². The molecule has 0 radical (unpaired) electrons. The van der Waals surface area contributed by atoms with Gasteiger partial charge >= 0.3 is 0 Å². The van der Waals surface area contributed by atoms with E-state index in [1.165, 1.54) is 6.42 Å². The Balaban J connectivity index is 1.54. The number of rotatable bonds is 9. The highest BCUT2D eigenvalue weighted by Crippen LogP contribution is 2.18. The molecule has 1 N–H and O–H groups in total. The smallest absolute Gasteiger partial charge is 0.193 e. The van der Waals surface area contributed by atoms with Crippen LogP contribution in [-0.4, -0.2) is 69.4 Å². The third-order valence-electron chi connectivity index (χ3n) is 4.02. The van der Waals surface area contributed by atoms with E-state index in [2.05, 4.69) is 31.1 Å². The number of benzene rings is 1. The number of thioether (sulfide) groups is 1. The zero-order chi connectivity index (χ0) is 17.9. The molecule has 1 aliphatic heterocycles. The number of nitrogens with one attached hydrogen (secondary N) is 1. The lowest BCUT2D eigenvalue weighted by Crippen LogP contribution is -2.41. The second kappa shape index (κ2) is 11.6. The van der Waals surface area contributed by atoms with Crippen LogP contribution in [-0.2, 0) is 4.74 Å². The SMILES string of the molecule is CN=C(NCCSCCOc1cccc(Br)c1)N1CCC(COC)C1. The van der Waals surface area contributed by atoms with E-state index in [1.54, 1.807) is 7.11 Å². The topological polar surface area (TPSA) is 46.1 Å². The van der Waals surface area contributed by atoms with Gasteiger partial charge in [-0.05, 0) is 24.6 Å². The number of hydrogen-bond donors (Lipinski definition) is 1. The van der Waals surface area contributed by atoms with Crippen molar-refractivity contribution in [1.82, 2.24) is 10.2 Å². The highest BCUT2D eigenvalue weighted by Gasteiger charge is 2.24. The molecule has 0 aromatic heterocycles. The summed E-state index contributed by atoms with van der Waals surface area (Å²) < 4.78 is 12.0. The van der Waals surface area contributed by atoms with Gasteiger partial charge in [0, 0.05) is 55.7 Å². The fourth-order valence-electron chi connectivity index (χ4n) is 2.84. The number of guanidine groups is 1. The van der Waals surface area contributed by atoms with Crippen molar-refractivity contribution in [2.24, 2.45) is 10.9 Å². The fourth-order valence-corrected chi connectivity index (χ4v) is 3.87. The van der Waals surface area contributed by atoms with Gasteiger partial charge in [0.25, 0.3) is 0 Å². The first kappa shape index (κ1) is 20.4. The quantitative estimate of drug-likeness (QED) is 0.371. The van der Waals surface area contributed by atoms with E-state index in [0.717, 1.165) is 60.5 Å². The summed E-state index contributed by atoms with van der Waals surface area (Å²) in [4.78, 5) is 6.72. The van der Waals surface area contributed by atoms with Crippen LogP contribution in [0.15, 0.2) is 33.7 Å². The number of likely N-dealkylation sites (tertiary alicyclic amines) is 1. The standard InChI is InChI=1S/C18H28BrN3O2S/c1-20-18(22-8-6-15(13-22)14-23-2)21-7-10-25-11-9-24-17-5-3-4-16(19)12-17/h3-5,12,15H,6-11,13-14H2,1-2H3,(H,20,21). The van der Waals surface area contributed by atoms with Crippen LogP contribution in [0, 0.1) is 5.92 Å². The molecular formula is C18H28BrN3O2S. The lowest BCUT2D eigenvalue weighted by Gasteiger charge is -2.21. The molecule has 5 nitrogen and oxygen atoms in total. The Kier molecular flexibility index (Phi) is 9.50. The number of hydrogen-bond acceptors (Lipinski definition) is 4. The molecule has 1 saturated heterocycles. The molecule has 7 heteroatoms. The van der Waals surface area contributed by atoms with Gasteiger partial charge in [-0.25, -0.2) is 0 Å². The van der Waals surface area contributed by atoms with Crippen molar-refractivity contribution < 1.29 is 9.47 Å². The van der Waals surface area contributed by atoms with Crippen LogP contribution in [0.2, 0.25) is 0 Å². The Bertz CT molecular complexity index is 545. The van der Waals surface area contributed by atoms with Gasteiger partial charge in [-0.15, -0.1) is 0 Å². The molecule has 1 atom stereocenters. The zero-order valence-corrected chi connectivity index (χ0v) is 17.4. The molecule has 1 aromatic carbocycles. The first-order chi connectivity index (χ1) is 12.2. The summed E-state index contributed by atoms with van der Waals surface area (Å²) in [5.41, 5.74) is 0. The van der Waals surface area contributed by atoms with Gasteiger partial charge in [0.1, 0.15) is 5.75 Å². The molecular weight excluding hydrogens is 402 g/mol. The van der Waals surface area contributed by atoms with E-state index < -0.39 is 0 Å². The molecule has 140 valence electrons. The number of nitrogens with zero attached hydrogens (tertiary/aromatic N) is 2. The van der Waals surface area contributed by atoms with Gasteiger partial charge < -0.3 is 19.7 Å². The van der Waals surface area contributed by atoms with Gasteiger partial charge in [0.15, 0.2) is 5.96 Å². The number of halogens is 1. The van der Waals surface area contributed by atoms with Crippen LogP contribution in [0.4, 0.5) is 0 Å². The van der Waals surface area contributed by atoms with Crippen molar-refractivity contribution in [3.63, 3.8) is 0 Å². The fraction of sp³-hybridized carbons (Fsp3) is 0.611. The number of aliphatic imine (C=N–C) groups is 1. The van der Waals surface area contributed by atoms with E-state index in [-0.39, 0.29) is 0 Å². The Morgan fingerprint density at radius 3 is 3.08 bits per heavy atom. The zero-order valence-electron chi connectivity index (χ0n) is 15.0.